The zero-order chi connectivity index (χ0) is 23.1. The highest BCUT2D eigenvalue weighted by Gasteiger charge is 2.32. The third kappa shape index (κ3) is 5.96. The number of methoxy groups -OCH3 is 1. The lowest BCUT2D eigenvalue weighted by atomic mass is 9.98. The maximum Gasteiger partial charge on any atom is 0.243 e. The summed E-state index contributed by atoms with van der Waals surface area (Å²) in [7, 11) is -2.07. The minimum Gasteiger partial charge on any atom is -0.497 e. The number of nitrogens with one attached hydrogen (secondary N) is 3. The molecule has 0 saturated carbocycles. The quantitative estimate of drug-likeness (QED) is 0.435. The molecule has 2 aromatic carbocycles. The van der Waals surface area contributed by atoms with E-state index in [4.69, 9.17) is 17.0 Å². The van der Waals surface area contributed by atoms with Crippen LogP contribution in [0, 0.1) is 5.92 Å². The van der Waals surface area contributed by atoms with Crippen LogP contribution in [0.5, 0.6) is 5.75 Å². The van der Waals surface area contributed by atoms with Crippen molar-refractivity contribution >= 4 is 33.3 Å². The monoisotopic (exact) mass is 476 g/mol. The van der Waals surface area contributed by atoms with E-state index in [1.165, 1.54) is 23.5 Å². The normalized spacial score (nSPS) is 16.1. The maximum atomic E-state index is 12.8. The van der Waals surface area contributed by atoms with Gasteiger partial charge in [-0.05, 0) is 61.8 Å². The molecular formula is C22H28N4O4S2. The molecule has 1 amide bonds. The molecule has 1 fully saturated rings. The summed E-state index contributed by atoms with van der Waals surface area (Å²) in [6.45, 7) is 2.53. The number of sulfonamides is 1. The number of hydrazine groups is 1. The number of nitrogens with zero attached hydrogens (tertiary/aromatic N) is 1. The third-order valence-electron chi connectivity index (χ3n) is 5.47. The fourth-order valence-electron chi connectivity index (χ4n) is 3.53. The molecule has 1 heterocycles. The number of hydrogen-bond donors (Lipinski definition) is 3. The van der Waals surface area contributed by atoms with Gasteiger partial charge in [-0.25, -0.2) is 8.42 Å². The van der Waals surface area contributed by atoms with Gasteiger partial charge in [0.25, 0.3) is 0 Å². The van der Waals surface area contributed by atoms with Crippen LogP contribution in [-0.2, 0) is 14.8 Å². The van der Waals surface area contributed by atoms with Crippen molar-refractivity contribution in [2.24, 2.45) is 5.92 Å². The Hall–Kier alpha value is -2.69. The minimum atomic E-state index is -3.60. The van der Waals surface area contributed by atoms with Gasteiger partial charge >= 0.3 is 0 Å². The summed E-state index contributed by atoms with van der Waals surface area (Å²) in [6.07, 6.45) is 0.868. The zero-order valence-electron chi connectivity index (χ0n) is 18.1. The molecule has 1 atom stereocenters. The highest BCUT2D eigenvalue weighted by atomic mass is 32.2. The van der Waals surface area contributed by atoms with Gasteiger partial charge in [-0.2, -0.15) is 4.31 Å². The van der Waals surface area contributed by atoms with Gasteiger partial charge in [-0.15, -0.1) is 0 Å². The van der Waals surface area contributed by atoms with Crippen molar-refractivity contribution in [2.45, 2.75) is 30.7 Å². The Morgan fingerprint density at radius 1 is 1.06 bits per heavy atom. The SMILES string of the molecule is COc1ccc(S(=O)(=O)N2CCC(C(=O)NNC(=S)NC(C)c3ccccc3)CC2)cc1. The second kappa shape index (κ2) is 10.8. The number of piperidine rings is 1. The molecule has 0 spiro atoms. The summed E-state index contributed by atoms with van der Waals surface area (Å²) in [4.78, 5) is 12.7. The van der Waals surface area contributed by atoms with E-state index in [-0.39, 0.29) is 35.9 Å². The molecule has 0 radical (unpaired) electrons. The maximum absolute atomic E-state index is 12.8. The summed E-state index contributed by atoms with van der Waals surface area (Å²) < 4.78 is 32.2. The highest BCUT2D eigenvalue weighted by Crippen LogP contribution is 2.25. The van der Waals surface area contributed by atoms with Crippen molar-refractivity contribution in [1.29, 1.82) is 0 Å². The van der Waals surface area contributed by atoms with E-state index in [1.54, 1.807) is 12.1 Å². The van der Waals surface area contributed by atoms with Crippen LogP contribution in [0.3, 0.4) is 0 Å². The predicted molar refractivity (Wildman–Crippen MR) is 126 cm³/mol. The molecule has 3 N–H and O–H groups in total. The van der Waals surface area contributed by atoms with Gasteiger partial charge in [-0.1, -0.05) is 30.3 Å². The molecule has 0 bridgehead atoms. The van der Waals surface area contributed by atoms with Crippen LogP contribution in [-0.4, -0.2) is 43.9 Å². The fourth-order valence-corrected chi connectivity index (χ4v) is 5.23. The standard InChI is InChI=1S/C22H28N4O4S2/c1-16(17-6-4-3-5-7-17)23-22(31)25-24-21(27)18-12-14-26(15-13-18)32(28,29)20-10-8-19(30-2)9-11-20/h3-11,16,18H,12-15H2,1-2H3,(H,24,27)(H2,23,25,31). The summed E-state index contributed by atoms with van der Waals surface area (Å²) in [5.41, 5.74) is 6.45. The lowest BCUT2D eigenvalue weighted by Gasteiger charge is -2.30. The van der Waals surface area contributed by atoms with Crippen molar-refractivity contribution < 1.29 is 17.9 Å². The summed E-state index contributed by atoms with van der Waals surface area (Å²) in [5.74, 6) is 0.0968. The number of rotatable bonds is 6. The van der Waals surface area contributed by atoms with Crippen molar-refractivity contribution in [3.05, 3.63) is 60.2 Å². The minimum absolute atomic E-state index is 0.0144. The van der Waals surface area contributed by atoms with Crippen molar-refractivity contribution in [3.8, 4) is 5.75 Å². The van der Waals surface area contributed by atoms with E-state index in [1.807, 2.05) is 37.3 Å². The topological polar surface area (TPSA) is 99.8 Å². The molecule has 32 heavy (non-hydrogen) atoms. The second-order valence-electron chi connectivity index (χ2n) is 7.57. The highest BCUT2D eigenvalue weighted by molar-refractivity contribution is 7.89. The molecule has 1 saturated heterocycles. The van der Waals surface area contributed by atoms with Gasteiger partial charge in [0, 0.05) is 19.0 Å². The first-order valence-corrected chi connectivity index (χ1v) is 12.2. The van der Waals surface area contributed by atoms with E-state index in [0.717, 1.165) is 5.56 Å². The zero-order valence-corrected chi connectivity index (χ0v) is 19.7. The predicted octanol–water partition coefficient (Wildman–Crippen LogP) is 2.35. The largest absolute Gasteiger partial charge is 0.497 e. The Morgan fingerprint density at radius 2 is 1.69 bits per heavy atom. The lowest BCUT2D eigenvalue weighted by molar-refractivity contribution is -0.126. The molecule has 1 unspecified atom stereocenters. The number of carbonyl (C=O) groups is 1. The van der Waals surface area contributed by atoms with Crippen molar-refractivity contribution in [1.82, 2.24) is 20.5 Å². The number of benzene rings is 2. The molecule has 3 rings (SSSR count). The average Bonchev–Trinajstić information content (AvgIpc) is 2.83. The second-order valence-corrected chi connectivity index (χ2v) is 9.92. The molecule has 2 aromatic rings. The third-order valence-corrected chi connectivity index (χ3v) is 7.60. The average molecular weight is 477 g/mol. The summed E-state index contributed by atoms with van der Waals surface area (Å²) in [6, 6.07) is 16.1. The molecule has 10 heteroatoms. The van der Waals surface area contributed by atoms with Crippen LogP contribution in [0.4, 0.5) is 0 Å². The first-order valence-electron chi connectivity index (χ1n) is 10.4. The van der Waals surface area contributed by atoms with Gasteiger partial charge in [0.2, 0.25) is 15.9 Å². The summed E-state index contributed by atoms with van der Waals surface area (Å²) >= 11 is 5.26. The molecule has 0 aliphatic carbocycles. The molecular weight excluding hydrogens is 448 g/mol. The Bertz CT molecular complexity index is 1020. The van der Waals surface area contributed by atoms with Crippen LogP contribution >= 0.6 is 12.2 Å². The van der Waals surface area contributed by atoms with Crippen LogP contribution in [0.1, 0.15) is 31.4 Å². The smallest absolute Gasteiger partial charge is 0.243 e. The molecule has 1 aliphatic rings. The van der Waals surface area contributed by atoms with E-state index < -0.39 is 10.0 Å². The van der Waals surface area contributed by atoms with Crippen LogP contribution < -0.4 is 20.9 Å². The van der Waals surface area contributed by atoms with E-state index >= 15 is 0 Å². The van der Waals surface area contributed by atoms with Gasteiger partial charge < -0.3 is 10.1 Å². The van der Waals surface area contributed by atoms with Crippen molar-refractivity contribution in [2.75, 3.05) is 20.2 Å². The van der Waals surface area contributed by atoms with Crippen LogP contribution in [0.15, 0.2) is 59.5 Å². The van der Waals surface area contributed by atoms with Gasteiger partial charge in [0.05, 0.1) is 18.0 Å². The lowest BCUT2D eigenvalue weighted by Crippen LogP contribution is -2.51. The Labute approximate surface area is 194 Å². The number of ether oxygens (including phenoxy) is 1. The number of hydrogen-bond acceptors (Lipinski definition) is 5. The summed E-state index contributed by atoms with van der Waals surface area (Å²) in [5, 5.41) is 3.43. The molecule has 1 aliphatic heterocycles. The Balaban J connectivity index is 1.46. The first-order chi connectivity index (χ1) is 15.3. The van der Waals surface area contributed by atoms with E-state index in [2.05, 4.69) is 16.2 Å². The van der Waals surface area contributed by atoms with Crippen molar-refractivity contribution in [3.63, 3.8) is 0 Å². The van der Waals surface area contributed by atoms with Crippen LogP contribution in [0.25, 0.3) is 0 Å². The number of thiocarbonyl (C=S) groups is 1. The number of amides is 1. The van der Waals surface area contributed by atoms with Gasteiger partial charge in [0.15, 0.2) is 5.11 Å². The number of carbonyl (C=O) groups excluding carboxylic acids is 1. The van der Waals surface area contributed by atoms with Crippen LogP contribution in [0.2, 0.25) is 0 Å². The Morgan fingerprint density at radius 3 is 2.28 bits per heavy atom. The first kappa shape index (κ1) is 24.0. The molecule has 172 valence electrons. The van der Waals surface area contributed by atoms with E-state index in [9.17, 15) is 13.2 Å². The fraction of sp³-hybridized carbons (Fsp3) is 0.364. The molecule has 0 aromatic heterocycles. The Kier molecular flexibility index (Phi) is 8.05. The van der Waals surface area contributed by atoms with Gasteiger partial charge in [-0.3, -0.25) is 15.6 Å². The van der Waals surface area contributed by atoms with Gasteiger partial charge in [0.1, 0.15) is 5.75 Å². The molecule has 8 nitrogen and oxygen atoms in total. The van der Waals surface area contributed by atoms with E-state index in [0.29, 0.717) is 23.7 Å².